The van der Waals surface area contributed by atoms with Crippen molar-refractivity contribution in [3.63, 3.8) is 0 Å². The van der Waals surface area contributed by atoms with Crippen LogP contribution < -0.4 is 11.1 Å². The Bertz CT molecular complexity index is 558. The van der Waals surface area contributed by atoms with Gasteiger partial charge in [0.1, 0.15) is 0 Å². The van der Waals surface area contributed by atoms with E-state index in [9.17, 15) is 9.59 Å². The van der Waals surface area contributed by atoms with Crippen LogP contribution in [-0.2, 0) is 4.79 Å². The lowest BCUT2D eigenvalue weighted by atomic mass is 10.1. The van der Waals surface area contributed by atoms with Crippen LogP contribution in [-0.4, -0.2) is 35.8 Å². The summed E-state index contributed by atoms with van der Waals surface area (Å²) in [5.74, 6) is -0.224. The Kier molecular flexibility index (Phi) is 7.82. The number of nitrogens with zero attached hydrogens (tertiary/aromatic N) is 1. The number of carbonyl (C=O) groups excluding carboxylic acids is 2. The summed E-state index contributed by atoms with van der Waals surface area (Å²) in [5, 5.41) is 3.28. The fourth-order valence-corrected chi connectivity index (χ4v) is 2.64. The van der Waals surface area contributed by atoms with E-state index in [1.807, 2.05) is 6.92 Å². The Labute approximate surface area is 148 Å². The molecule has 0 aliphatic carbocycles. The number of likely N-dealkylation sites (tertiary alicyclic amines) is 1. The van der Waals surface area contributed by atoms with E-state index in [2.05, 4.69) is 5.32 Å². The molecule has 0 saturated carbocycles. The van der Waals surface area contributed by atoms with Gasteiger partial charge < -0.3 is 16.0 Å². The van der Waals surface area contributed by atoms with Crippen molar-refractivity contribution in [2.75, 3.05) is 18.4 Å². The van der Waals surface area contributed by atoms with Gasteiger partial charge in [0.05, 0.1) is 11.3 Å². The maximum absolute atomic E-state index is 12.6. The van der Waals surface area contributed by atoms with E-state index in [1.54, 1.807) is 23.1 Å². The van der Waals surface area contributed by atoms with E-state index in [4.69, 9.17) is 17.3 Å². The first-order valence-corrected chi connectivity index (χ1v) is 7.99. The van der Waals surface area contributed by atoms with Gasteiger partial charge in [0.15, 0.2) is 0 Å². The van der Waals surface area contributed by atoms with Crippen molar-refractivity contribution in [2.45, 2.75) is 38.6 Å². The van der Waals surface area contributed by atoms with Crippen molar-refractivity contribution in [2.24, 2.45) is 5.73 Å². The average Bonchev–Trinajstić information content (AvgIpc) is 3.00. The number of hydrogen-bond donors (Lipinski definition) is 2. The summed E-state index contributed by atoms with van der Waals surface area (Å²) in [6.07, 6.45) is 2.97. The third-order valence-corrected chi connectivity index (χ3v) is 3.94. The van der Waals surface area contributed by atoms with Crippen LogP contribution in [0.3, 0.4) is 0 Å². The number of hydrogen-bond acceptors (Lipinski definition) is 3. The third-order valence-electron chi connectivity index (χ3n) is 3.71. The molecule has 7 heteroatoms. The van der Waals surface area contributed by atoms with Gasteiger partial charge in [-0.2, -0.15) is 0 Å². The Balaban J connectivity index is 0.00000264. The van der Waals surface area contributed by atoms with Crippen LogP contribution in [0.5, 0.6) is 0 Å². The van der Waals surface area contributed by atoms with Crippen LogP contribution >= 0.6 is 24.0 Å². The van der Waals surface area contributed by atoms with Gasteiger partial charge in [0.2, 0.25) is 5.91 Å². The predicted octanol–water partition coefficient (Wildman–Crippen LogP) is 3.06. The minimum atomic E-state index is -0.143. The number of nitrogens with one attached hydrogen (secondary N) is 1. The van der Waals surface area contributed by atoms with Crippen molar-refractivity contribution < 1.29 is 9.59 Å². The number of halogens is 2. The van der Waals surface area contributed by atoms with E-state index in [0.717, 1.165) is 25.9 Å². The van der Waals surface area contributed by atoms with Crippen molar-refractivity contribution in [3.8, 4) is 0 Å². The minimum Gasteiger partial charge on any atom is -0.339 e. The molecule has 0 spiro atoms. The first-order chi connectivity index (χ1) is 10.5. The van der Waals surface area contributed by atoms with Crippen LogP contribution in [0.4, 0.5) is 5.69 Å². The van der Waals surface area contributed by atoms with Crippen molar-refractivity contribution >= 4 is 41.5 Å². The molecule has 0 radical (unpaired) electrons. The number of anilines is 1. The molecule has 1 unspecified atom stereocenters. The molecule has 23 heavy (non-hydrogen) atoms. The lowest BCUT2D eigenvalue weighted by Crippen LogP contribution is -2.29. The van der Waals surface area contributed by atoms with Gasteiger partial charge in [-0.3, -0.25) is 9.59 Å². The molecule has 0 aromatic heterocycles. The summed E-state index contributed by atoms with van der Waals surface area (Å²) in [5.41, 5.74) is 6.61. The predicted molar refractivity (Wildman–Crippen MR) is 95.4 cm³/mol. The molecule has 1 heterocycles. The molecular formula is C16H23Cl2N3O2. The van der Waals surface area contributed by atoms with Gasteiger partial charge in [0, 0.05) is 30.6 Å². The summed E-state index contributed by atoms with van der Waals surface area (Å²) in [4.78, 5) is 26.3. The van der Waals surface area contributed by atoms with Crippen molar-refractivity contribution in [3.05, 3.63) is 28.8 Å². The van der Waals surface area contributed by atoms with E-state index >= 15 is 0 Å². The monoisotopic (exact) mass is 359 g/mol. The molecule has 2 amide bonds. The Morgan fingerprint density at radius 3 is 2.61 bits per heavy atom. The highest BCUT2D eigenvalue weighted by atomic mass is 35.5. The number of benzene rings is 1. The van der Waals surface area contributed by atoms with Gasteiger partial charge in [-0.1, -0.05) is 11.6 Å². The maximum Gasteiger partial charge on any atom is 0.256 e. The third kappa shape index (κ3) is 5.68. The molecule has 3 N–H and O–H groups in total. The second-order valence-corrected chi connectivity index (χ2v) is 6.19. The van der Waals surface area contributed by atoms with Crippen LogP contribution in [0.15, 0.2) is 18.2 Å². The summed E-state index contributed by atoms with van der Waals surface area (Å²) >= 11 is 6.01. The zero-order valence-electron chi connectivity index (χ0n) is 13.2. The first kappa shape index (κ1) is 19.7. The SMILES string of the molecule is CC(N)CCC(=O)Nc1ccc(Cl)cc1C(=O)N1CCCC1.Cl. The molecule has 1 aliphatic rings. The highest BCUT2D eigenvalue weighted by Crippen LogP contribution is 2.24. The van der Waals surface area contributed by atoms with E-state index in [-0.39, 0.29) is 30.3 Å². The molecule has 1 aromatic rings. The van der Waals surface area contributed by atoms with E-state index in [0.29, 0.717) is 29.1 Å². The number of carbonyl (C=O) groups is 2. The van der Waals surface area contributed by atoms with Crippen LogP contribution in [0, 0.1) is 0 Å². The molecule has 2 rings (SSSR count). The van der Waals surface area contributed by atoms with Crippen LogP contribution in [0.25, 0.3) is 0 Å². The molecular weight excluding hydrogens is 337 g/mol. The Hall–Kier alpha value is -1.30. The fourth-order valence-electron chi connectivity index (χ4n) is 2.46. The second-order valence-electron chi connectivity index (χ2n) is 5.75. The average molecular weight is 360 g/mol. The molecule has 1 atom stereocenters. The van der Waals surface area contributed by atoms with Gasteiger partial charge >= 0.3 is 0 Å². The number of rotatable bonds is 5. The lowest BCUT2D eigenvalue weighted by molar-refractivity contribution is -0.116. The number of amides is 2. The molecule has 128 valence electrons. The minimum absolute atomic E-state index is 0. The Morgan fingerprint density at radius 2 is 2.00 bits per heavy atom. The number of nitrogens with two attached hydrogens (primary N) is 1. The standard InChI is InChI=1S/C16H22ClN3O2.ClH/c1-11(18)4-7-15(21)19-14-6-5-12(17)10-13(14)16(22)20-8-2-3-9-20;/h5-6,10-11H,2-4,7-9,18H2,1H3,(H,19,21);1H. The summed E-state index contributed by atoms with van der Waals surface area (Å²) in [6, 6.07) is 4.93. The molecule has 1 aliphatic heterocycles. The van der Waals surface area contributed by atoms with E-state index < -0.39 is 0 Å². The zero-order chi connectivity index (χ0) is 16.1. The zero-order valence-corrected chi connectivity index (χ0v) is 14.8. The maximum atomic E-state index is 12.6. The lowest BCUT2D eigenvalue weighted by Gasteiger charge is -2.18. The summed E-state index contributed by atoms with van der Waals surface area (Å²) in [7, 11) is 0. The molecule has 1 fully saturated rings. The van der Waals surface area contributed by atoms with Gasteiger partial charge in [0.25, 0.3) is 5.91 Å². The van der Waals surface area contributed by atoms with E-state index in [1.165, 1.54) is 0 Å². The quantitative estimate of drug-likeness (QED) is 0.847. The summed E-state index contributed by atoms with van der Waals surface area (Å²) in [6.45, 7) is 3.37. The van der Waals surface area contributed by atoms with Crippen molar-refractivity contribution in [1.82, 2.24) is 4.90 Å². The second kappa shape index (κ2) is 9.11. The topological polar surface area (TPSA) is 75.4 Å². The van der Waals surface area contributed by atoms with Crippen molar-refractivity contribution in [1.29, 1.82) is 0 Å². The largest absolute Gasteiger partial charge is 0.339 e. The highest BCUT2D eigenvalue weighted by molar-refractivity contribution is 6.31. The fraction of sp³-hybridized carbons (Fsp3) is 0.500. The molecule has 1 aromatic carbocycles. The smallest absolute Gasteiger partial charge is 0.256 e. The summed E-state index contributed by atoms with van der Waals surface area (Å²) < 4.78 is 0. The molecule has 0 bridgehead atoms. The van der Waals surface area contributed by atoms with Gasteiger partial charge in [-0.05, 0) is 44.4 Å². The van der Waals surface area contributed by atoms with Gasteiger partial charge in [-0.15, -0.1) is 12.4 Å². The molecule has 5 nitrogen and oxygen atoms in total. The molecule has 1 saturated heterocycles. The van der Waals surface area contributed by atoms with Crippen LogP contribution in [0.1, 0.15) is 43.0 Å². The Morgan fingerprint density at radius 1 is 1.35 bits per heavy atom. The highest BCUT2D eigenvalue weighted by Gasteiger charge is 2.22. The van der Waals surface area contributed by atoms with Crippen LogP contribution in [0.2, 0.25) is 5.02 Å². The first-order valence-electron chi connectivity index (χ1n) is 7.61. The van der Waals surface area contributed by atoms with Gasteiger partial charge in [-0.25, -0.2) is 0 Å². The normalized spacial score (nSPS) is 15.0.